The van der Waals surface area contributed by atoms with Crippen molar-refractivity contribution in [3.63, 3.8) is 0 Å². The molecular weight excluding hydrogens is 560 g/mol. The Morgan fingerprint density at radius 3 is 1.65 bits per heavy atom. The second-order valence-corrected chi connectivity index (χ2v) is 11.6. The van der Waals surface area contributed by atoms with Crippen LogP contribution in [0.1, 0.15) is 0 Å². The number of hydrogen-bond donors (Lipinski definition) is 0. The molecule has 4 nitrogen and oxygen atoms in total. The van der Waals surface area contributed by atoms with Gasteiger partial charge in [-0.15, -0.1) is 0 Å². The van der Waals surface area contributed by atoms with Crippen LogP contribution in [0, 0.1) is 0 Å². The number of hydrogen-bond acceptors (Lipinski definition) is 4. The van der Waals surface area contributed by atoms with Gasteiger partial charge in [0.1, 0.15) is 0 Å². The lowest BCUT2D eigenvalue weighted by molar-refractivity contribution is 1.33. The molecule has 9 aromatic rings. The lowest BCUT2D eigenvalue weighted by Gasteiger charge is -2.14. The van der Waals surface area contributed by atoms with Crippen LogP contribution in [-0.2, 0) is 0 Å². The van der Waals surface area contributed by atoms with Crippen molar-refractivity contribution in [3.05, 3.63) is 158 Å². The van der Waals surface area contributed by atoms with Gasteiger partial charge >= 0.3 is 0 Å². The van der Waals surface area contributed by atoms with Crippen LogP contribution < -0.4 is 0 Å². The standard InChI is InChI=1S/C42H26N4/c1-2-6-38-36(5-1)40-37(14-13-30-9-12-31-4-3-19-45-42(31)39(30)40)41(46-38)32-10-7-27(8-11-32)33-24-34(28-15-20-43-21-16-28)26-35(25-33)29-17-22-44-23-18-29/h1-26H. The third-order valence-corrected chi connectivity index (χ3v) is 8.87. The molecule has 0 amide bonds. The molecule has 0 aliphatic carbocycles. The number of para-hydroxylation sites is 1. The maximum atomic E-state index is 5.24. The van der Waals surface area contributed by atoms with Gasteiger partial charge in [-0.2, -0.15) is 0 Å². The van der Waals surface area contributed by atoms with Crippen molar-refractivity contribution in [2.45, 2.75) is 0 Å². The van der Waals surface area contributed by atoms with Crippen LogP contribution in [0.25, 0.3) is 88.0 Å². The highest BCUT2D eigenvalue weighted by Gasteiger charge is 2.16. The smallest absolute Gasteiger partial charge is 0.0788 e. The Labute approximate surface area is 265 Å². The van der Waals surface area contributed by atoms with Gasteiger partial charge in [-0.3, -0.25) is 15.0 Å². The number of benzene rings is 5. The van der Waals surface area contributed by atoms with Crippen molar-refractivity contribution in [1.29, 1.82) is 0 Å². The summed E-state index contributed by atoms with van der Waals surface area (Å²) in [6.07, 6.45) is 9.24. The average Bonchev–Trinajstić information content (AvgIpc) is 3.14. The van der Waals surface area contributed by atoms with Crippen LogP contribution in [0.4, 0.5) is 0 Å². The summed E-state index contributed by atoms with van der Waals surface area (Å²) in [4.78, 5) is 18.5. The minimum Gasteiger partial charge on any atom is -0.265 e. The number of rotatable bonds is 4. The molecule has 4 heterocycles. The largest absolute Gasteiger partial charge is 0.265 e. The van der Waals surface area contributed by atoms with Crippen molar-refractivity contribution in [1.82, 2.24) is 19.9 Å². The molecule has 4 heteroatoms. The first-order chi connectivity index (χ1) is 22.8. The van der Waals surface area contributed by atoms with E-state index in [4.69, 9.17) is 9.97 Å². The van der Waals surface area contributed by atoms with Crippen molar-refractivity contribution in [2.24, 2.45) is 0 Å². The molecule has 5 aromatic carbocycles. The Kier molecular flexibility index (Phi) is 6.10. The van der Waals surface area contributed by atoms with E-state index in [2.05, 4.69) is 131 Å². The molecule has 0 N–H and O–H groups in total. The van der Waals surface area contributed by atoms with Gasteiger partial charge in [-0.25, -0.2) is 4.98 Å². The topological polar surface area (TPSA) is 51.6 Å². The van der Waals surface area contributed by atoms with Crippen LogP contribution in [0.3, 0.4) is 0 Å². The highest BCUT2D eigenvalue weighted by atomic mass is 14.7. The van der Waals surface area contributed by atoms with Gasteiger partial charge in [0.15, 0.2) is 0 Å². The van der Waals surface area contributed by atoms with Crippen LogP contribution in [0.2, 0.25) is 0 Å². The average molecular weight is 587 g/mol. The molecule has 0 bridgehead atoms. The van der Waals surface area contributed by atoms with E-state index in [1.807, 2.05) is 37.1 Å². The molecule has 214 valence electrons. The summed E-state index contributed by atoms with van der Waals surface area (Å²) in [7, 11) is 0. The van der Waals surface area contributed by atoms with Crippen LogP contribution in [0.5, 0.6) is 0 Å². The summed E-state index contributed by atoms with van der Waals surface area (Å²) in [6, 6.07) is 45.1. The van der Waals surface area contributed by atoms with Crippen molar-refractivity contribution in [3.8, 4) is 44.6 Å². The number of aromatic nitrogens is 4. The van der Waals surface area contributed by atoms with Gasteiger partial charge in [0.05, 0.1) is 16.7 Å². The lowest BCUT2D eigenvalue weighted by atomic mass is 9.92. The van der Waals surface area contributed by atoms with Crippen LogP contribution in [-0.4, -0.2) is 19.9 Å². The summed E-state index contributed by atoms with van der Waals surface area (Å²) >= 11 is 0. The van der Waals surface area contributed by atoms with E-state index in [0.717, 1.165) is 71.8 Å². The molecule has 46 heavy (non-hydrogen) atoms. The van der Waals surface area contributed by atoms with Gasteiger partial charge in [0, 0.05) is 63.5 Å². The van der Waals surface area contributed by atoms with Crippen LogP contribution >= 0.6 is 0 Å². The Balaban J connectivity index is 1.23. The van der Waals surface area contributed by atoms with E-state index >= 15 is 0 Å². The summed E-state index contributed by atoms with van der Waals surface area (Å²) in [6.45, 7) is 0. The zero-order chi connectivity index (χ0) is 30.5. The minimum atomic E-state index is 0.970. The molecule has 9 rings (SSSR count). The maximum Gasteiger partial charge on any atom is 0.0788 e. The van der Waals surface area contributed by atoms with E-state index in [1.54, 1.807) is 0 Å². The second-order valence-electron chi connectivity index (χ2n) is 11.6. The summed E-state index contributed by atoms with van der Waals surface area (Å²) in [5.74, 6) is 0. The Bertz CT molecular complexity index is 2500. The number of fused-ring (bicyclic) bond motifs is 7. The molecule has 0 spiro atoms. The first-order valence-corrected chi connectivity index (χ1v) is 15.4. The predicted molar refractivity (Wildman–Crippen MR) is 189 cm³/mol. The quantitative estimate of drug-likeness (QED) is 0.193. The predicted octanol–water partition coefficient (Wildman–Crippen LogP) is 10.5. The minimum absolute atomic E-state index is 0.970. The Morgan fingerprint density at radius 1 is 0.370 bits per heavy atom. The summed E-state index contributed by atoms with van der Waals surface area (Å²) in [5.41, 5.74) is 10.9. The number of pyridine rings is 4. The molecule has 0 atom stereocenters. The van der Waals surface area contributed by atoms with Crippen LogP contribution in [0.15, 0.2) is 158 Å². The fraction of sp³-hybridized carbons (Fsp3) is 0. The fourth-order valence-electron chi connectivity index (χ4n) is 6.65. The van der Waals surface area contributed by atoms with E-state index in [1.165, 1.54) is 16.2 Å². The van der Waals surface area contributed by atoms with Gasteiger partial charge in [0.25, 0.3) is 0 Å². The van der Waals surface area contributed by atoms with Gasteiger partial charge < -0.3 is 0 Å². The van der Waals surface area contributed by atoms with E-state index in [0.29, 0.717) is 0 Å². The van der Waals surface area contributed by atoms with Crippen molar-refractivity contribution >= 4 is 43.4 Å². The normalized spacial score (nSPS) is 11.5. The third kappa shape index (κ3) is 4.39. The Hall–Kier alpha value is -6.26. The molecule has 0 fully saturated rings. The molecule has 0 unspecified atom stereocenters. The SMILES string of the molecule is c1cnc2c(c1)ccc1ccc3c(-c4ccc(-c5cc(-c6ccncc6)cc(-c6ccncc6)c5)cc4)nc4ccccc4c3c12. The highest BCUT2D eigenvalue weighted by Crippen LogP contribution is 2.40. The third-order valence-electron chi connectivity index (χ3n) is 8.87. The van der Waals surface area contributed by atoms with Crippen molar-refractivity contribution < 1.29 is 0 Å². The molecular formula is C42H26N4. The maximum absolute atomic E-state index is 5.24. The van der Waals surface area contributed by atoms with E-state index < -0.39 is 0 Å². The number of nitrogens with zero attached hydrogens (tertiary/aromatic N) is 4. The molecule has 0 radical (unpaired) electrons. The molecule has 0 saturated heterocycles. The van der Waals surface area contributed by atoms with E-state index in [-0.39, 0.29) is 0 Å². The lowest BCUT2D eigenvalue weighted by Crippen LogP contribution is -1.92. The molecule has 0 aliphatic rings. The monoisotopic (exact) mass is 586 g/mol. The van der Waals surface area contributed by atoms with E-state index in [9.17, 15) is 0 Å². The van der Waals surface area contributed by atoms with Gasteiger partial charge in [0.2, 0.25) is 0 Å². The molecule has 0 aliphatic heterocycles. The molecule has 0 saturated carbocycles. The molecule has 4 aromatic heterocycles. The zero-order valence-electron chi connectivity index (χ0n) is 24.8. The van der Waals surface area contributed by atoms with Gasteiger partial charge in [-0.1, -0.05) is 72.8 Å². The zero-order valence-corrected chi connectivity index (χ0v) is 24.8. The van der Waals surface area contributed by atoms with Gasteiger partial charge in [-0.05, 0) is 93.4 Å². The summed E-state index contributed by atoms with van der Waals surface area (Å²) < 4.78 is 0. The summed E-state index contributed by atoms with van der Waals surface area (Å²) in [5, 5.41) is 6.93. The second kappa shape index (κ2) is 10.7. The Morgan fingerprint density at radius 2 is 0.957 bits per heavy atom. The first-order valence-electron chi connectivity index (χ1n) is 15.4. The first kappa shape index (κ1) is 26.2. The fourth-order valence-corrected chi connectivity index (χ4v) is 6.65. The van der Waals surface area contributed by atoms with Crippen molar-refractivity contribution in [2.75, 3.05) is 0 Å². The highest BCUT2D eigenvalue weighted by molar-refractivity contribution is 6.28.